The summed E-state index contributed by atoms with van der Waals surface area (Å²) < 4.78 is 32.4. The van der Waals surface area contributed by atoms with Crippen LogP contribution in [0.2, 0.25) is 5.15 Å². The largest absolute Gasteiger partial charge is 0.496 e. The average molecular weight is 307 g/mol. The minimum Gasteiger partial charge on any atom is -0.496 e. The number of rotatable bonds is 2. The van der Waals surface area contributed by atoms with Crippen LogP contribution in [-0.4, -0.2) is 17.1 Å². The maximum absolute atomic E-state index is 14.1. The topological polar surface area (TPSA) is 35.0 Å². The third kappa shape index (κ3) is 2.40. The second kappa shape index (κ2) is 5.26. The van der Waals surface area contributed by atoms with Gasteiger partial charge in [-0.05, 0) is 30.3 Å². The fourth-order valence-electron chi connectivity index (χ4n) is 2.07. The Kier molecular flexibility index (Phi) is 3.43. The number of fused-ring (bicyclic) bond motifs is 1. The third-order valence-corrected chi connectivity index (χ3v) is 3.32. The van der Waals surface area contributed by atoms with Gasteiger partial charge in [0, 0.05) is 5.39 Å². The van der Waals surface area contributed by atoms with E-state index in [0.717, 1.165) is 0 Å². The van der Waals surface area contributed by atoms with Crippen molar-refractivity contribution in [3.8, 4) is 17.1 Å². The lowest BCUT2D eigenvalue weighted by Gasteiger charge is -2.09. The summed E-state index contributed by atoms with van der Waals surface area (Å²) in [7, 11) is 1.43. The van der Waals surface area contributed by atoms with E-state index >= 15 is 0 Å². The molecular weight excluding hydrogens is 298 g/mol. The van der Waals surface area contributed by atoms with Crippen molar-refractivity contribution in [2.75, 3.05) is 7.11 Å². The Bertz CT molecular complexity index is 839. The number of nitrogens with zero attached hydrogens (tertiary/aromatic N) is 2. The molecule has 106 valence electrons. The molecule has 0 aliphatic carbocycles. The van der Waals surface area contributed by atoms with Gasteiger partial charge in [0.05, 0.1) is 18.2 Å². The molecule has 6 heteroatoms. The Balaban J connectivity index is 2.29. The van der Waals surface area contributed by atoms with Crippen LogP contribution in [0.4, 0.5) is 8.78 Å². The van der Waals surface area contributed by atoms with Gasteiger partial charge in [-0.15, -0.1) is 0 Å². The van der Waals surface area contributed by atoms with E-state index in [4.69, 9.17) is 16.3 Å². The highest BCUT2D eigenvalue weighted by atomic mass is 35.5. The van der Waals surface area contributed by atoms with Gasteiger partial charge in [-0.2, -0.15) is 0 Å². The lowest BCUT2D eigenvalue weighted by molar-refractivity contribution is 0.413. The lowest BCUT2D eigenvalue weighted by atomic mass is 10.1. The molecule has 0 N–H and O–H groups in total. The van der Waals surface area contributed by atoms with Crippen molar-refractivity contribution in [3.63, 3.8) is 0 Å². The van der Waals surface area contributed by atoms with E-state index in [1.807, 2.05) is 0 Å². The van der Waals surface area contributed by atoms with Crippen molar-refractivity contribution < 1.29 is 13.5 Å². The first-order chi connectivity index (χ1) is 10.1. The summed E-state index contributed by atoms with van der Waals surface area (Å²) in [6.07, 6.45) is 0. The van der Waals surface area contributed by atoms with Gasteiger partial charge in [0.25, 0.3) is 0 Å². The van der Waals surface area contributed by atoms with Gasteiger partial charge in [-0.1, -0.05) is 17.7 Å². The predicted molar refractivity (Wildman–Crippen MR) is 76.5 cm³/mol. The van der Waals surface area contributed by atoms with Crippen LogP contribution in [-0.2, 0) is 0 Å². The minimum absolute atomic E-state index is 0.0554. The molecule has 0 unspecified atom stereocenters. The minimum atomic E-state index is -0.521. The maximum atomic E-state index is 14.1. The average Bonchev–Trinajstić information content (AvgIpc) is 2.47. The van der Waals surface area contributed by atoms with E-state index in [2.05, 4.69) is 9.97 Å². The van der Waals surface area contributed by atoms with E-state index < -0.39 is 11.6 Å². The van der Waals surface area contributed by atoms with Gasteiger partial charge in [0.2, 0.25) is 0 Å². The van der Waals surface area contributed by atoms with Crippen LogP contribution in [0.1, 0.15) is 0 Å². The normalized spacial score (nSPS) is 10.9. The van der Waals surface area contributed by atoms with Gasteiger partial charge in [0.1, 0.15) is 22.5 Å². The van der Waals surface area contributed by atoms with Crippen LogP contribution in [0.25, 0.3) is 22.3 Å². The summed E-state index contributed by atoms with van der Waals surface area (Å²) in [6, 6.07) is 8.37. The number of hydrogen-bond acceptors (Lipinski definition) is 3. The molecule has 1 aromatic heterocycles. The van der Waals surface area contributed by atoms with Crippen molar-refractivity contribution in [2.45, 2.75) is 0 Å². The molecule has 1 heterocycles. The predicted octanol–water partition coefficient (Wildman–Crippen LogP) is 4.24. The highest BCUT2D eigenvalue weighted by molar-refractivity contribution is 6.34. The zero-order valence-electron chi connectivity index (χ0n) is 10.9. The van der Waals surface area contributed by atoms with Crippen LogP contribution >= 0.6 is 11.6 Å². The number of ether oxygens (including phenoxy) is 1. The first kappa shape index (κ1) is 13.7. The second-order valence-corrected chi connectivity index (χ2v) is 4.67. The molecule has 3 aromatic rings. The molecule has 0 aliphatic rings. The second-order valence-electron chi connectivity index (χ2n) is 4.32. The molecule has 3 nitrogen and oxygen atoms in total. The quantitative estimate of drug-likeness (QED) is 0.664. The smallest absolute Gasteiger partial charge is 0.168 e. The van der Waals surface area contributed by atoms with Gasteiger partial charge in [0.15, 0.2) is 5.82 Å². The number of halogens is 3. The van der Waals surface area contributed by atoms with E-state index in [1.54, 1.807) is 6.07 Å². The van der Waals surface area contributed by atoms with Crippen molar-refractivity contribution in [3.05, 3.63) is 53.2 Å². The summed E-state index contributed by atoms with van der Waals surface area (Å²) in [5.74, 6) is -0.572. The van der Waals surface area contributed by atoms with Crippen molar-refractivity contribution >= 4 is 22.5 Å². The molecule has 0 bridgehead atoms. The van der Waals surface area contributed by atoms with Crippen molar-refractivity contribution in [2.24, 2.45) is 0 Å². The highest BCUT2D eigenvalue weighted by Gasteiger charge is 2.16. The summed E-state index contributed by atoms with van der Waals surface area (Å²) in [6.45, 7) is 0. The first-order valence-electron chi connectivity index (χ1n) is 6.06. The molecule has 0 amide bonds. The Labute approximate surface area is 124 Å². The molecule has 0 fully saturated rings. The number of benzene rings is 2. The Morgan fingerprint density at radius 1 is 1.10 bits per heavy atom. The lowest BCUT2D eigenvalue weighted by Crippen LogP contribution is -1.97. The van der Waals surface area contributed by atoms with Gasteiger partial charge in [-0.25, -0.2) is 18.7 Å². The number of methoxy groups -OCH3 is 1. The molecule has 0 atom stereocenters. The highest BCUT2D eigenvalue weighted by Crippen LogP contribution is 2.32. The SMILES string of the molecule is COc1cccc(F)c1-c1nc(Cl)c2cc(F)ccc2n1. The Morgan fingerprint density at radius 2 is 1.90 bits per heavy atom. The maximum Gasteiger partial charge on any atom is 0.168 e. The monoisotopic (exact) mass is 306 g/mol. The molecule has 0 spiro atoms. The van der Waals surface area contributed by atoms with Gasteiger partial charge >= 0.3 is 0 Å². The summed E-state index contributed by atoms with van der Waals surface area (Å²) in [5.41, 5.74) is 0.546. The first-order valence-corrected chi connectivity index (χ1v) is 6.43. The summed E-state index contributed by atoms with van der Waals surface area (Å²) in [5, 5.41) is 0.426. The summed E-state index contributed by atoms with van der Waals surface area (Å²) >= 11 is 6.05. The fraction of sp³-hybridized carbons (Fsp3) is 0.0667. The van der Waals surface area contributed by atoms with Crippen LogP contribution in [0.3, 0.4) is 0 Å². The van der Waals surface area contributed by atoms with Crippen molar-refractivity contribution in [1.29, 1.82) is 0 Å². The van der Waals surface area contributed by atoms with E-state index in [1.165, 1.54) is 37.4 Å². The Hall–Kier alpha value is -2.27. The van der Waals surface area contributed by atoms with Gasteiger partial charge < -0.3 is 4.74 Å². The van der Waals surface area contributed by atoms with Crippen molar-refractivity contribution in [1.82, 2.24) is 9.97 Å². The fourth-order valence-corrected chi connectivity index (χ4v) is 2.30. The number of aromatic nitrogens is 2. The molecule has 3 rings (SSSR count). The molecule has 21 heavy (non-hydrogen) atoms. The molecular formula is C15H9ClF2N2O. The van der Waals surface area contributed by atoms with Crippen LogP contribution in [0, 0.1) is 11.6 Å². The van der Waals surface area contributed by atoms with E-state index in [0.29, 0.717) is 16.7 Å². The zero-order valence-corrected chi connectivity index (χ0v) is 11.7. The van der Waals surface area contributed by atoms with Crippen LogP contribution in [0.5, 0.6) is 5.75 Å². The van der Waals surface area contributed by atoms with Gasteiger partial charge in [-0.3, -0.25) is 0 Å². The molecule has 0 aliphatic heterocycles. The molecule has 0 saturated carbocycles. The van der Waals surface area contributed by atoms with Crippen LogP contribution < -0.4 is 4.74 Å². The zero-order chi connectivity index (χ0) is 15.0. The van der Waals surface area contributed by atoms with Crippen LogP contribution in [0.15, 0.2) is 36.4 Å². The molecule has 2 aromatic carbocycles. The molecule has 0 saturated heterocycles. The summed E-state index contributed by atoms with van der Waals surface area (Å²) in [4.78, 5) is 8.28. The van der Waals surface area contributed by atoms with E-state index in [9.17, 15) is 8.78 Å². The Morgan fingerprint density at radius 3 is 2.67 bits per heavy atom. The standard InChI is InChI=1S/C15H9ClF2N2O/c1-21-12-4-2-3-10(18)13(12)15-19-11-6-5-8(17)7-9(11)14(16)20-15/h2-7H,1H3. The number of hydrogen-bond donors (Lipinski definition) is 0. The molecule has 0 radical (unpaired) electrons. The van der Waals surface area contributed by atoms with E-state index in [-0.39, 0.29) is 16.5 Å². The third-order valence-electron chi connectivity index (χ3n) is 3.03.